The molecular weight excluding hydrogens is 514 g/mol. The Labute approximate surface area is 232 Å². The van der Waals surface area contributed by atoms with Gasteiger partial charge < -0.3 is 25.6 Å². The molecule has 1 aromatic carbocycles. The normalized spacial score (nSPS) is 17.0. The van der Waals surface area contributed by atoms with Crippen LogP contribution in [0.2, 0.25) is 0 Å². The number of nitrogens with one attached hydrogen (secondary N) is 3. The van der Waals surface area contributed by atoms with E-state index in [0.29, 0.717) is 37.2 Å². The molecule has 0 bridgehead atoms. The number of amides is 3. The molecule has 1 spiro atoms. The van der Waals surface area contributed by atoms with Crippen LogP contribution in [0, 0.1) is 0 Å². The summed E-state index contributed by atoms with van der Waals surface area (Å²) in [5.41, 5.74) is 1.45. The van der Waals surface area contributed by atoms with Crippen LogP contribution >= 0.6 is 11.3 Å². The number of rotatable bonds is 5. The third-order valence-electron chi connectivity index (χ3n) is 6.83. The topological polar surface area (TPSA) is 113 Å². The molecule has 2 aliphatic heterocycles. The number of ether oxygens (including phenoxy) is 1. The molecule has 4 heterocycles. The van der Waals surface area contributed by atoms with Gasteiger partial charge in [-0.15, -0.1) is 11.3 Å². The standard InChI is InChI=1S/C29H33N5O4S/c1-28(2,3)38-27(37)31-22(17-19-7-5-4-6-8-19)26(36)34-15-11-29(12-16-34)32-21-18-23(20-9-13-30-14-10-20)39-24(21)25(35)33-29/h4-10,13-14,18,22,32H,11-12,15-17H2,1-3H3,(H,31,37)(H,33,35)/t22-/m0/s1. The molecule has 9 nitrogen and oxygen atoms in total. The molecule has 3 N–H and O–H groups in total. The summed E-state index contributed by atoms with van der Waals surface area (Å²) in [6.07, 6.45) is 4.27. The van der Waals surface area contributed by atoms with Crippen LogP contribution in [0.5, 0.6) is 0 Å². The smallest absolute Gasteiger partial charge is 0.408 e. The fourth-order valence-electron chi connectivity index (χ4n) is 4.95. The number of carbonyl (C=O) groups is 3. The minimum absolute atomic E-state index is 0.109. The minimum atomic E-state index is -0.767. The van der Waals surface area contributed by atoms with E-state index < -0.39 is 23.4 Å². The van der Waals surface area contributed by atoms with Gasteiger partial charge in [0.25, 0.3) is 5.91 Å². The van der Waals surface area contributed by atoms with E-state index in [4.69, 9.17) is 4.74 Å². The molecule has 0 radical (unpaired) electrons. The average Bonchev–Trinajstić information content (AvgIpc) is 3.33. The maximum Gasteiger partial charge on any atom is 0.408 e. The van der Waals surface area contributed by atoms with Crippen LogP contribution in [0.15, 0.2) is 60.9 Å². The number of aromatic nitrogens is 1. The van der Waals surface area contributed by atoms with Crippen LogP contribution in [0.1, 0.15) is 48.8 Å². The number of nitrogens with zero attached hydrogens (tertiary/aromatic N) is 2. The zero-order valence-corrected chi connectivity index (χ0v) is 23.1. The number of thiophene rings is 1. The summed E-state index contributed by atoms with van der Waals surface area (Å²) in [6, 6.07) is 14.7. The SMILES string of the molecule is CC(C)(C)OC(=O)N[C@@H](Cc1ccccc1)C(=O)N1CCC2(CC1)NC(=O)c1sc(-c3ccncc3)cc1N2. The lowest BCUT2D eigenvalue weighted by atomic mass is 9.93. The first kappa shape index (κ1) is 26.7. The number of hydrogen-bond acceptors (Lipinski definition) is 7. The van der Waals surface area contributed by atoms with Gasteiger partial charge in [0.15, 0.2) is 0 Å². The van der Waals surface area contributed by atoms with Crippen LogP contribution in [-0.4, -0.2) is 58.2 Å². The van der Waals surface area contributed by atoms with E-state index in [1.807, 2.05) is 48.5 Å². The van der Waals surface area contributed by atoms with Gasteiger partial charge in [0.05, 0.1) is 5.69 Å². The van der Waals surface area contributed by atoms with Crippen molar-refractivity contribution in [2.24, 2.45) is 0 Å². The van der Waals surface area contributed by atoms with E-state index >= 15 is 0 Å². The molecule has 39 heavy (non-hydrogen) atoms. The molecule has 0 unspecified atom stereocenters. The Kier molecular flexibility index (Phi) is 7.31. The van der Waals surface area contributed by atoms with E-state index in [1.54, 1.807) is 38.1 Å². The van der Waals surface area contributed by atoms with Crippen molar-refractivity contribution in [2.75, 3.05) is 18.4 Å². The van der Waals surface area contributed by atoms with Crippen LogP contribution in [0.3, 0.4) is 0 Å². The summed E-state index contributed by atoms with van der Waals surface area (Å²) in [7, 11) is 0. The molecule has 5 rings (SSSR count). The first-order chi connectivity index (χ1) is 18.6. The number of likely N-dealkylation sites (tertiary alicyclic amines) is 1. The molecule has 2 aliphatic rings. The van der Waals surface area contributed by atoms with Crippen LogP contribution in [0.25, 0.3) is 10.4 Å². The molecular formula is C29H33N5O4S. The van der Waals surface area contributed by atoms with E-state index in [0.717, 1.165) is 21.7 Å². The van der Waals surface area contributed by atoms with Crippen molar-refractivity contribution < 1.29 is 19.1 Å². The summed E-state index contributed by atoms with van der Waals surface area (Å²) >= 11 is 1.44. The van der Waals surface area contributed by atoms with Crippen molar-refractivity contribution in [2.45, 2.75) is 57.3 Å². The Morgan fingerprint density at radius 2 is 1.79 bits per heavy atom. The lowest BCUT2D eigenvalue weighted by Gasteiger charge is -2.45. The Morgan fingerprint density at radius 1 is 1.10 bits per heavy atom. The van der Waals surface area contributed by atoms with Crippen molar-refractivity contribution in [3.63, 3.8) is 0 Å². The molecule has 1 fully saturated rings. The number of piperidine rings is 1. The Bertz CT molecular complexity index is 1350. The monoisotopic (exact) mass is 547 g/mol. The Hall–Kier alpha value is -3.92. The van der Waals surface area contributed by atoms with Crippen molar-refractivity contribution in [1.82, 2.24) is 20.5 Å². The highest BCUT2D eigenvalue weighted by Crippen LogP contribution is 2.40. The van der Waals surface area contributed by atoms with Gasteiger partial charge in [0.2, 0.25) is 5.91 Å². The van der Waals surface area contributed by atoms with Crippen molar-refractivity contribution in [3.8, 4) is 10.4 Å². The molecule has 10 heteroatoms. The van der Waals surface area contributed by atoms with E-state index in [-0.39, 0.29) is 11.8 Å². The molecule has 3 aromatic rings. The fourth-order valence-corrected chi connectivity index (χ4v) is 5.97. The van der Waals surface area contributed by atoms with Crippen LogP contribution in [-0.2, 0) is 16.0 Å². The zero-order valence-electron chi connectivity index (χ0n) is 22.3. The molecule has 2 aromatic heterocycles. The van der Waals surface area contributed by atoms with E-state index in [1.165, 1.54) is 11.3 Å². The first-order valence-corrected chi connectivity index (χ1v) is 13.9. The fraction of sp³-hybridized carbons (Fsp3) is 0.379. The van der Waals surface area contributed by atoms with E-state index in [9.17, 15) is 14.4 Å². The maximum atomic E-state index is 13.6. The number of benzene rings is 1. The third-order valence-corrected chi connectivity index (χ3v) is 8.01. The summed E-state index contributed by atoms with van der Waals surface area (Å²) in [4.78, 5) is 46.8. The highest BCUT2D eigenvalue weighted by atomic mass is 32.1. The predicted molar refractivity (Wildman–Crippen MR) is 150 cm³/mol. The molecule has 1 saturated heterocycles. The van der Waals surface area contributed by atoms with Crippen LogP contribution < -0.4 is 16.0 Å². The number of carbonyl (C=O) groups excluding carboxylic acids is 3. The quantitative estimate of drug-likeness (QED) is 0.436. The Balaban J connectivity index is 1.27. The van der Waals surface area contributed by atoms with Gasteiger partial charge in [0.1, 0.15) is 22.2 Å². The van der Waals surface area contributed by atoms with E-state index in [2.05, 4.69) is 20.9 Å². The van der Waals surface area contributed by atoms with Gasteiger partial charge in [-0.05, 0) is 50.1 Å². The average molecular weight is 548 g/mol. The minimum Gasteiger partial charge on any atom is -0.444 e. The van der Waals surface area contributed by atoms with Crippen molar-refractivity contribution >= 4 is 34.9 Å². The number of anilines is 1. The number of pyridine rings is 1. The number of alkyl carbamates (subject to hydrolysis) is 1. The second-order valence-electron chi connectivity index (χ2n) is 11.0. The lowest BCUT2D eigenvalue weighted by Crippen LogP contribution is -2.63. The molecule has 0 aliphatic carbocycles. The molecule has 3 amide bonds. The highest BCUT2D eigenvalue weighted by Gasteiger charge is 2.43. The second-order valence-corrected chi connectivity index (χ2v) is 12.0. The lowest BCUT2D eigenvalue weighted by molar-refractivity contribution is -0.135. The van der Waals surface area contributed by atoms with Gasteiger partial charge in [-0.2, -0.15) is 0 Å². The van der Waals surface area contributed by atoms with Gasteiger partial charge in [-0.3, -0.25) is 14.6 Å². The summed E-state index contributed by atoms with van der Waals surface area (Å²) in [6.45, 7) is 6.23. The molecule has 0 saturated carbocycles. The summed E-state index contributed by atoms with van der Waals surface area (Å²) in [5.74, 6) is -0.278. The van der Waals surface area contributed by atoms with Gasteiger partial charge in [-0.25, -0.2) is 4.79 Å². The predicted octanol–water partition coefficient (Wildman–Crippen LogP) is 4.42. The Morgan fingerprint density at radius 3 is 2.46 bits per heavy atom. The van der Waals surface area contributed by atoms with Gasteiger partial charge in [0, 0.05) is 49.6 Å². The van der Waals surface area contributed by atoms with Crippen molar-refractivity contribution in [1.29, 1.82) is 0 Å². The zero-order chi connectivity index (χ0) is 27.6. The highest BCUT2D eigenvalue weighted by molar-refractivity contribution is 7.18. The summed E-state index contributed by atoms with van der Waals surface area (Å²) < 4.78 is 5.43. The van der Waals surface area contributed by atoms with Gasteiger partial charge in [-0.1, -0.05) is 30.3 Å². The maximum absolute atomic E-state index is 13.6. The number of fused-ring (bicyclic) bond motifs is 1. The molecule has 204 valence electrons. The summed E-state index contributed by atoms with van der Waals surface area (Å²) in [5, 5.41) is 9.50. The third kappa shape index (κ3) is 6.22. The second kappa shape index (κ2) is 10.7. The first-order valence-electron chi connectivity index (χ1n) is 13.1. The number of hydrogen-bond donors (Lipinski definition) is 3. The van der Waals surface area contributed by atoms with Gasteiger partial charge >= 0.3 is 6.09 Å². The van der Waals surface area contributed by atoms with Crippen LogP contribution in [0.4, 0.5) is 10.5 Å². The molecule has 1 atom stereocenters. The van der Waals surface area contributed by atoms with Crippen molar-refractivity contribution in [3.05, 3.63) is 71.4 Å². The largest absolute Gasteiger partial charge is 0.444 e.